The molecule has 30 heavy (non-hydrogen) atoms. The van der Waals surface area contributed by atoms with Crippen LogP contribution in [0.15, 0.2) is 36.4 Å². The number of likely N-dealkylation sites (tertiary alicyclic amines) is 1. The van der Waals surface area contributed by atoms with Gasteiger partial charge in [-0.05, 0) is 30.7 Å². The molecule has 7 nitrogen and oxygen atoms in total. The van der Waals surface area contributed by atoms with Gasteiger partial charge >= 0.3 is 0 Å². The van der Waals surface area contributed by atoms with Gasteiger partial charge in [0.05, 0.1) is 36.4 Å². The highest BCUT2D eigenvalue weighted by Crippen LogP contribution is 2.44. The lowest BCUT2D eigenvalue weighted by Crippen LogP contribution is -2.30. The van der Waals surface area contributed by atoms with E-state index in [-0.39, 0.29) is 18.2 Å². The number of carbonyl (C=O) groups is 2. The highest BCUT2D eigenvalue weighted by Gasteiger charge is 2.44. The number of rotatable bonds is 5. The summed E-state index contributed by atoms with van der Waals surface area (Å²) in [6.45, 7) is 2.02. The van der Waals surface area contributed by atoms with Crippen LogP contribution < -0.4 is 14.8 Å². The second-order valence-corrected chi connectivity index (χ2v) is 8.35. The Labute approximate surface area is 178 Å². The Hall–Kier alpha value is -3.13. The minimum Gasteiger partial charge on any atom is -0.493 e. The van der Waals surface area contributed by atoms with Gasteiger partial charge in [-0.3, -0.25) is 9.59 Å². The van der Waals surface area contributed by atoms with Crippen molar-refractivity contribution in [2.75, 3.05) is 26.6 Å². The van der Waals surface area contributed by atoms with Crippen LogP contribution in [0.1, 0.15) is 23.6 Å². The van der Waals surface area contributed by atoms with Gasteiger partial charge in [0, 0.05) is 19.0 Å². The van der Waals surface area contributed by atoms with Gasteiger partial charge in [0.1, 0.15) is 0 Å². The van der Waals surface area contributed by atoms with Crippen LogP contribution >= 0.6 is 11.3 Å². The molecule has 1 aromatic heterocycles. The van der Waals surface area contributed by atoms with Gasteiger partial charge < -0.3 is 19.7 Å². The van der Waals surface area contributed by atoms with Gasteiger partial charge in [-0.2, -0.15) is 0 Å². The van der Waals surface area contributed by atoms with Gasteiger partial charge in [-0.1, -0.05) is 29.5 Å². The van der Waals surface area contributed by atoms with Crippen LogP contribution in [0.4, 0.5) is 5.13 Å². The summed E-state index contributed by atoms with van der Waals surface area (Å²) in [5.74, 6) is 0.184. The first-order valence-corrected chi connectivity index (χ1v) is 10.4. The number of hydrogen-bond donors (Lipinski definition) is 1. The van der Waals surface area contributed by atoms with Gasteiger partial charge in [0.2, 0.25) is 11.8 Å². The van der Waals surface area contributed by atoms with Crippen molar-refractivity contribution in [2.24, 2.45) is 5.92 Å². The fourth-order valence-electron chi connectivity index (χ4n) is 3.96. The summed E-state index contributed by atoms with van der Waals surface area (Å²) < 4.78 is 12.0. The number of aryl methyl sites for hydroxylation is 1. The number of hydrogen-bond acceptors (Lipinski definition) is 6. The number of nitrogens with zero attached hydrogens (tertiary/aromatic N) is 2. The Bertz CT molecular complexity index is 1130. The number of benzene rings is 2. The van der Waals surface area contributed by atoms with Crippen LogP contribution in [-0.2, 0) is 9.59 Å². The molecule has 0 radical (unpaired) electrons. The standard InChI is InChI=1S/C22H23N3O4S/c1-12-8-9-15-17(10-12)30-22(23-15)24-21(27)14-11-18(26)25(2)19(14)13-6-5-7-16(28-3)20(13)29-4/h5-10,14,19H,11H2,1-4H3,(H,23,24,27)/t14-,19+/m0/s1. The zero-order valence-electron chi connectivity index (χ0n) is 17.3. The molecule has 0 saturated carbocycles. The van der Waals surface area contributed by atoms with E-state index >= 15 is 0 Å². The molecule has 1 saturated heterocycles. The maximum absolute atomic E-state index is 13.2. The number of aromatic nitrogens is 1. The first kappa shape index (κ1) is 20.2. The Kier molecular flexibility index (Phi) is 5.34. The van der Waals surface area contributed by atoms with Gasteiger partial charge in [0.15, 0.2) is 16.6 Å². The summed E-state index contributed by atoms with van der Waals surface area (Å²) in [5.41, 5.74) is 2.72. The topological polar surface area (TPSA) is 80.8 Å². The summed E-state index contributed by atoms with van der Waals surface area (Å²) in [4.78, 5) is 31.8. The molecule has 1 aliphatic rings. The predicted molar refractivity (Wildman–Crippen MR) is 116 cm³/mol. The van der Waals surface area contributed by atoms with Crippen molar-refractivity contribution in [1.29, 1.82) is 0 Å². The predicted octanol–water partition coefficient (Wildman–Crippen LogP) is 3.78. The molecule has 1 N–H and O–H groups in total. The zero-order chi connectivity index (χ0) is 21.4. The summed E-state index contributed by atoms with van der Waals surface area (Å²) in [6, 6.07) is 11.0. The number of fused-ring (bicyclic) bond motifs is 1. The molecule has 156 valence electrons. The summed E-state index contributed by atoms with van der Waals surface area (Å²) in [5, 5.41) is 3.44. The molecule has 2 heterocycles. The van der Waals surface area contributed by atoms with Gasteiger partial charge in [-0.15, -0.1) is 0 Å². The van der Waals surface area contributed by atoms with Gasteiger partial charge in [0.25, 0.3) is 0 Å². The molecular weight excluding hydrogens is 402 g/mol. The van der Waals surface area contributed by atoms with Crippen molar-refractivity contribution < 1.29 is 19.1 Å². The van der Waals surface area contributed by atoms with Crippen molar-refractivity contribution >= 4 is 38.5 Å². The van der Waals surface area contributed by atoms with E-state index in [1.807, 2.05) is 37.3 Å². The fourth-order valence-corrected chi connectivity index (χ4v) is 4.93. The average molecular weight is 426 g/mol. The maximum Gasteiger partial charge on any atom is 0.232 e. The number of nitrogens with one attached hydrogen (secondary N) is 1. The van der Waals surface area contributed by atoms with Crippen LogP contribution in [0, 0.1) is 12.8 Å². The largest absolute Gasteiger partial charge is 0.493 e. The van der Waals surface area contributed by atoms with E-state index in [9.17, 15) is 9.59 Å². The van der Waals surface area contributed by atoms with E-state index in [1.165, 1.54) is 11.3 Å². The quantitative estimate of drug-likeness (QED) is 0.673. The molecule has 0 unspecified atom stereocenters. The number of methoxy groups -OCH3 is 2. The SMILES string of the molecule is COc1cccc([C@@H]2[C@@H](C(=O)Nc3nc4ccc(C)cc4s3)CC(=O)N2C)c1OC. The van der Waals surface area contributed by atoms with E-state index in [0.29, 0.717) is 16.6 Å². The highest BCUT2D eigenvalue weighted by molar-refractivity contribution is 7.22. The molecule has 8 heteroatoms. The number of ether oxygens (including phenoxy) is 2. The number of anilines is 1. The minimum atomic E-state index is -0.572. The number of para-hydroxylation sites is 1. The first-order chi connectivity index (χ1) is 14.4. The van der Waals surface area contributed by atoms with E-state index in [0.717, 1.165) is 21.3 Å². The molecule has 0 spiro atoms. The van der Waals surface area contributed by atoms with E-state index in [1.54, 1.807) is 32.2 Å². The van der Waals surface area contributed by atoms with Crippen molar-refractivity contribution in [2.45, 2.75) is 19.4 Å². The molecule has 2 amide bonds. The molecule has 0 bridgehead atoms. The number of thiazole rings is 1. The lowest BCUT2D eigenvalue weighted by atomic mass is 9.92. The zero-order valence-corrected chi connectivity index (χ0v) is 18.1. The van der Waals surface area contributed by atoms with Crippen LogP contribution in [0.2, 0.25) is 0 Å². The second-order valence-electron chi connectivity index (χ2n) is 7.32. The van der Waals surface area contributed by atoms with E-state index in [2.05, 4.69) is 10.3 Å². The number of carbonyl (C=O) groups excluding carboxylic acids is 2. The van der Waals surface area contributed by atoms with Crippen molar-refractivity contribution in [3.8, 4) is 11.5 Å². The minimum absolute atomic E-state index is 0.0926. The van der Waals surface area contributed by atoms with Crippen LogP contribution in [0.3, 0.4) is 0 Å². The van der Waals surface area contributed by atoms with Crippen molar-refractivity contribution in [3.63, 3.8) is 0 Å². The Morgan fingerprint density at radius 1 is 1.23 bits per heavy atom. The molecule has 1 aliphatic heterocycles. The third-order valence-electron chi connectivity index (χ3n) is 5.45. The molecule has 2 aromatic carbocycles. The summed E-state index contributed by atoms with van der Waals surface area (Å²) in [6.07, 6.45) is 0.122. The second kappa shape index (κ2) is 7.95. The van der Waals surface area contributed by atoms with Crippen molar-refractivity contribution in [1.82, 2.24) is 9.88 Å². The molecule has 3 aromatic rings. The summed E-state index contributed by atoms with van der Waals surface area (Å²) in [7, 11) is 4.82. The first-order valence-electron chi connectivity index (χ1n) is 9.57. The Morgan fingerprint density at radius 3 is 2.77 bits per heavy atom. The van der Waals surface area contributed by atoms with Crippen molar-refractivity contribution in [3.05, 3.63) is 47.5 Å². The average Bonchev–Trinajstić information content (AvgIpc) is 3.26. The third kappa shape index (κ3) is 3.47. The summed E-state index contributed by atoms with van der Waals surface area (Å²) >= 11 is 1.42. The number of amides is 2. The lowest BCUT2D eigenvalue weighted by molar-refractivity contribution is -0.128. The van der Waals surface area contributed by atoms with Gasteiger partial charge in [-0.25, -0.2) is 4.98 Å². The van der Waals surface area contributed by atoms with Crippen LogP contribution in [-0.4, -0.2) is 43.0 Å². The molecule has 2 atom stereocenters. The maximum atomic E-state index is 13.2. The third-order valence-corrected chi connectivity index (χ3v) is 6.38. The Morgan fingerprint density at radius 2 is 2.03 bits per heavy atom. The normalized spacial score (nSPS) is 18.7. The molecular formula is C22H23N3O4S. The monoisotopic (exact) mass is 425 g/mol. The molecule has 4 rings (SSSR count). The highest BCUT2D eigenvalue weighted by atomic mass is 32.1. The van der Waals surface area contributed by atoms with Crippen LogP contribution in [0.25, 0.3) is 10.2 Å². The van der Waals surface area contributed by atoms with E-state index < -0.39 is 12.0 Å². The fraction of sp³-hybridized carbons (Fsp3) is 0.318. The van der Waals surface area contributed by atoms with E-state index in [4.69, 9.17) is 9.47 Å². The smallest absolute Gasteiger partial charge is 0.232 e. The Balaban J connectivity index is 1.66. The molecule has 0 aliphatic carbocycles. The molecule has 1 fully saturated rings. The lowest BCUT2D eigenvalue weighted by Gasteiger charge is -2.26. The van der Waals surface area contributed by atoms with Crippen LogP contribution in [0.5, 0.6) is 11.5 Å².